The van der Waals surface area contributed by atoms with Gasteiger partial charge in [-0.2, -0.15) is 0 Å². The zero-order valence-corrected chi connectivity index (χ0v) is 11.9. The van der Waals surface area contributed by atoms with Gasteiger partial charge in [-0.15, -0.1) is 0 Å². The molecule has 0 N–H and O–H groups in total. The molecule has 0 unspecified atom stereocenters. The Labute approximate surface area is 119 Å². The van der Waals surface area contributed by atoms with Gasteiger partial charge < -0.3 is 4.57 Å². The first-order valence-corrected chi connectivity index (χ1v) is 6.86. The molecule has 3 rings (SSSR count). The molecule has 0 aliphatic carbocycles. The largest absolute Gasteiger partial charge is 0.334 e. The van der Waals surface area contributed by atoms with Crippen molar-refractivity contribution in [1.29, 1.82) is 0 Å². The van der Waals surface area contributed by atoms with Crippen LogP contribution in [-0.2, 0) is 6.54 Å². The van der Waals surface area contributed by atoms with Crippen LogP contribution in [0.15, 0.2) is 61.2 Å². The minimum Gasteiger partial charge on any atom is -0.334 e. The lowest BCUT2D eigenvalue weighted by Crippen LogP contribution is -1.91. The zero-order valence-electron chi connectivity index (χ0n) is 11.9. The number of allylic oxidation sites excluding steroid dienone is 2. The first-order valence-electron chi connectivity index (χ1n) is 6.86. The number of hydrogen-bond acceptors (Lipinski definition) is 1. The normalized spacial score (nSPS) is 12.0. The number of benzene rings is 2. The lowest BCUT2D eigenvalue weighted by atomic mass is 10.0. The van der Waals surface area contributed by atoms with Crippen LogP contribution in [0.5, 0.6) is 0 Å². The van der Waals surface area contributed by atoms with Crippen LogP contribution in [0.4, 0.5) is 0 Å². The maximum Gasteiger partial charge on any atom is 0.0948 e. The van der Waals surface area contributed by atoms with E-state index >= 15 is 0 Å². The van der Waals surface area contributed by atoms with E-state index in [0.29, 0.717) is 0 Å². The van der Waals surface area contributed by atoms with Gasteiger partial charge >= 0.3 is 0 Å². The van der Waals surface area contributed by atoms with E-state index in [0.717, 1.165) is 6.54 Å². The molecule has 1 aromatic heterocycles. The Bertz CT molecular complexity index is 752. The molecule has 2 aromatic carbocycles. The highest BCUT2D eigenvalue weighted by atomic mass is 15.0. The average molecular weight is 262 g/mol. The van der Waals surface area contributed by atoms with Crippen molar-refractivity contribution in [1.82, 2.24) is 9.55 Å². The van der Waals surface area contributed by atoms with Crippen LogP contribution in [-0.4, -0.2) is 9.55 Å². The summed E-state index contributed by atoms with van der Waals surface area (Å²) in [4.78, 5) is 4.06. The van der Waals surface area contributed by atoms with Gasteiger partial charge in [0.15, 0.2) is 0 Å². The third-order valence-electron chi connectivity index (χ3n) is 3.62. The molecule has 0 atom stereocenters. The summed E-state index contributed by atoms with van der Waals surface area (Å²) in [5.74, 6) is 0. The van der Waals surface area contributed by atoms with Gasteiger partial charge in [-0.1, -0.05) is 42.0 Å². The molecule has 0 aliphatic heterocycles. The minimum atomic E-state index is 0.859. The summed E-state index contributed by atoms with van der Waals surface area (Å²) in [6, 6.07) is 13.2. The fourth-order valence-corrected chi connectivity index (χ4v) is 2.37. The molecular formula is C18H18N2. The molecule has 3 aromatic rings. The zero-order chi connectivity index (χ0) is 13.9. The summed E-state index contributed by atoms with van der Waals surface area (Å²) in [5, 5.41) is 2.60. The van der Waals surface area contributed by atoms with Crippen molar-refractivity contribution in [3.63, 3.8) is 0 Å². The van der Waals surface area contributed by atoms with Crippen LogP contribution in [0, 0.1) is 6.92 Å². The highest BCUT2D eigenvalue weighted by molar-refractivity contribution is 5.86. The second-order valence-electron chi connectivity index (χ2n) is 5.21. The van der Waals surface area contributed by atoms with Gasteiger partial charge in [0.05, 0.1) is 6.33 Å². The van der Waals surface area contributed by atoms with Crippen LogP contribution in [0.3, 0.4) is 0 Å². The topological polar surface area (TPSA) is 17.8 Å². The van der Waals surface area contributed by atoms with Crippen molar-refractivity contribution in [2.24, 2.45) is 0 Å². The Hall–Kier alpha value is -2.35. The third kappa shape index (κ3) is 2.64. The van der Waals surface area contributed by atoms with Gasteiger partial charge in [0.1, 0.15) is 0 Å². The van der Waals surface area contributed by atoms with E-state index in [4.69, 9.17) is 0 Å². The van der Waals surface area contributed by atoms with Gasteiger partial charge in [0.25, 0.3) is 0 Å². The predicted octanol–water partition coefficient (Wildman–Crippen LogP) is 4.45. The summed E-state index contributed by atoms with van der Waals surface area (Å²) in [7, 11) is 0. The fourth-order valence-electron chi connectivity index (χ4n) is 2.37. The van der Waals surface area contributed by atoms with Crippen molar-refractivity contribution in [2.75, 3.05) is 0 Å². The number of hydrogen-bond donors (Lipinski definition) is 0. The quantitative estimate of drug-likeness (QED) is 0.682. The number of fused-ring (bicyclic) bond motifs is 1. The maximum absolute atomic E-state index is 4.06. The standard InChI is InChI=1S/C18H18N2/c1-14-3-4-18-12-16(5-6-17(18)11-14)15(2)7-9-20-10-8-19-13-20/h3-8,10-13H,9H2,1-2H3/b15-7-. The Morgan fingerprint density at radius 2 is 1.95 bits per heavy atom. The highest BCUT2D eigenvalue weighted by Crippen LogP contribution is 2.22. The molecule has 0 saturated carbocycles. The van der Waals surface area contributed by atoms with E-state index in [1.165, 1.54) is 27.5 Å². The monoisotopic (exact) mass is 262 g/mol. The second-order valence-corrected chi connectivity index (χ2v) is 5.21. The Morgan fingerprint density at radius 1 is 1.15 bits per heavy atom. The molecule has 0 radical (unpaired) electrons. The first-order chi connectivity index (χ1) is 9.72. The number of aryl methyl sites for hydroxylation is 1. The summed E-state index contributed by atoms with van der Waals surface area (Å²) < 4.78 is 2.06. The van der Waals surface area contributed by atoms with Crippen molar-refractivity contribution in [2.45, 2.75) is 20.4 Å². The summed E-state index contributed by atoms with van der Waals surface area (Å²) in [5.41, 5.74) is 3.88. The van der Waals surface area contributed by atoms with Crippen molar-refractivity contribution in [3.05, 3.63) is 72.3 Å². The van der Waals surface area contributed by atoms with Crippen LogP contribution in [0.2, 0.25) is 0 Å². The van der Waals surface area contributed by atoms with Gasteiger partial charge in [-0.05, 0) is 41.8 Å². The summed E-state index contributed by atoms with van der Waals surface area (Å²) in [6.07, 6.45) is 7.86. The van der Waals surface area contributed by atoms with Crippen LogP contribution >= 0.6 is 0 Å². The van der Waals surface area contributed by atoms with E-state index in [2.05, 4.69) is 65.9 Å². The molecule has 0 fully saturated rings. The van der Waals surface area contributed by atoms with Gasteiger partial charge in [0, 0.05) is 18.9 Å². The van der Waals surface area contributed by atoms with E-state index < -0.39 is 0 Å². The number of nitrogens with zero attached hydrogens (tertiary/aromatic N) is 2. The number of aromatic nitrogens is 2. The molecule has 2 nitrogen and oxygen atoms in total. The highest BCUT2D eigenvalue weighted by Gasteiger charge is 1.99. The lowest BCUT2D eigenvalue weighted by molar-refractivity contribution is 0.821. The van der Waals surface area contributed by atoms with Crippen LogP contribution in [0.25, 0.3) is 16.3 Å². The maximum atomic E-state index is 4.06. The van der Waals surface area contributed by atoms with Gasteiger partial charge in [-0.3, -0.25) is 0 Å². The summed E-state index contributed by atoms with van der Waals surface area (Å²) in [6.45, 7) is 5.15. The molecular weight excluding hydrogens is 244 g/mol. The molecule has 0 bridgehead atoms. The van der Waals surface area contributed by atoms with Crippen molar-refractivity contribution < 1.29 is 0 Å². The van der Waals surface area contributed by atoms with Crippen LogP contribution < -0.4 is 0 Å². The number of imidazole rings is 1. The molecule has 0 amide bonds. The third-order valence-corrected chi connectivity index (χ3v) is 3.62. The molecule has 0 spiro atoms. The smallest absolute Gasteiger partial charge is 0.0948 e. The molecule has 0 aliphatic rings. The van der Waals surface area contributed by atoms with Gasteiger partial charge in [0.2, 0.25) is 0 Å². The molecule has 20 heavy (non-hydrogen) atoms. The second kappa shape index (κ2) is 5.33. The van der Waals surface area contributed by atoms with E-state index in [1.54, 1.807) is 0 Å². The summed E-state index contributed by atoms with van der Waals surface area (Å²) >= 11 is 0. The average Bonchev–Trinajstić information content (AvgIpc) is 2.97. The molecule has 1 heterocycles. The molecule has 2 heteroatoms. The Kier molecular flexibility index (Phi) is 3.38. The lowest BCUT2D eigenvalue weighted by Gasteiger charge is -2.06. The SMILES string of the molecule is C/C(=C/Cn1ccnc1)c1ccc2cc(C)ccc2c1. The van der Waals surface area contributed by atoms with Gasteiger partial charge in [-0.25, -0.2) is 4.98 Å². The van der Waals surface area contributed by atoms with Crippen molar-refractivity contribution in [3.8, 4) is 0 Å². The van der Waals surface area contributed by atoms with E-state index in [-0.39, 0.29) is 0 Å². The van der Waals surface area contributed by atoms with Crippen LogP contribution in [0.1, 0.15) is 18.1 Å². The Balaban J connectivity index is 1.89. The van der Waals surface area contributed by atoms with Crippen molar-refractivity contribution >= 4 is 16.3 Å². The predicted molar refractivity (Wildman–Crippen MR) is 84.6 cm³/mol. The molecule has 0 saturated heterocycles. The van der Waals surface area contributed by atoms with E-state index in [1.807, 2.05) is 18.7 Å². The first kappa shape index (κ1) is 12.7. The number of rotatable bonds is 3. The Morgan fingerprint density at radius 3 is 2.75 bits per heavy atom. The fraction of sp³-hybridized carbons (Fsp3) is 0.167. The minimum absolute atomic E-state index is 0.859. The molecule has 100 valence electrons. The van der Waals surface area contributed by atoms with E-state index in [9.17, 15) is 0 Å².